The lowest BCUT2D eigenvalue weighted by Crippen LogP contribution is -2.39. The molecular formula is C29H38N10O4. The summed E-state index contributed by atoms with van der Waals surface area (Å²) >= 11 is 0. The topological polar surface area (TPSA) is 173 Å². The molecular weight excluding hydrogens is 552 g/mol. The second-order valence-electron chi connectivity index (χ2n) is 10.5. The van der Waals surface area contributed by atoms with E-state index in [2.05, 4.69) is 37.6 Å². The van der Waals surface area contributed by atoms with Gasteiger partial charge in [-0.05, 0) is 57.6 Å². The number of carbonyl (C=O) groups excluding carboxylic acids is 3. The van der Waals surface area contributed by atoms with Gasteiger partial charge in [0.25, 0.3) is 11.8 Å². The minimum Gasteiger partial charge on any atom is -0.495 e. The second-order valence-corrected chi connectivity index (χ2v) is 10.5. The first-order valence-electron chi connectivity index (χ1n) is 13.9. The molecule has 1 saturated heterocycles. The first-order valence-corrected chi connectivity index (χ1v) is 13.9. The first-order chi connectivity index (χ1) is 20.6. The summed E-state index contributed by atoms with van der Waals surface area (Å²) in [6, 6.07) is 3.37. The number of aromatic nitrogens is 4. The third-order valence-corrected chi connectivity index (χ3v) is 7.04. The maximum atomic E-state index is 12.7. The normalized spacial score (nSPS) is 14.7. The van der Waals surface area contributed by atoms with Crippen LogP contribution in [0, 0.1) is 6.92 Å². The summed E-state index contributed by atoms with van der Waals surface area (Å²) in [6.07, 6.45) is 7.87. The Hall–Kier alpha value is -4.98. The Morgan fingerprint density at radius 2 is 2.02 bits per heavy atom. The zero-order valence-electron chi connectivity index (χ0n) is 24.9. The number of nitrogens with one attached hydrogen (secondary N) is 3. The fourth-order valence-corrected chi connectivity index (χ4v) is 4.77. The predicted molar refractivity (Wildman–Crippen MR) is 163 cm³/mol. The maximum absolute atomic E-state index is 12.7. The van der Waals surface area contributed by atoms with Gasteiger partial charge in [0, 0.05) is 44.1 Å². The largest absolute Gasteiger partial charge is 0.495 e. The lowest BCUT2D eigenvalue weighted by atomic mass is 10.1. The third kappa shape index (κ3) is 7.65. The molecule has 3 amide bonds. The number of nitrogens with zero attached hydrogens (tertiary/aromatic N) is 6. The minimum absolute atomic E-state index is 0.0251. The Kier molecular flexibility index (Phi) is 9.93. The van der Waals surface area contributed by atoms with E-state index in [0.717, 1.165) is 12.8 Å². The molecule has 5 N–H and O–H groups in total. The van der Waals surface area contributed by atoms with E-state index in [1.54, 1.807) is 23.2 Å². The number of methoxy groups -OCH3 is 1. The molecule has 2 aromatic heterocycles. The number of rotatable bonds is 12. The Morgan fingerprint density at radius 3 is 2.72 bits per heavy atom. The van der Waals surface area contributed by atoms with Crippen LogP contribution in [0.5, 0.6) is 5.75 Å². The fourth-order valence-electron chi connectivity index (χ4n) is 4.77. The number of hydrogen-bond donors (Lipinski definition) is 4. The predicted octanol–water partition coefficient (Wildman–Crippen LogP) is 2.22. The molecule has 0 unspecified atom stereocenters. The van der Waals surface area contributed by atoms with Crippen molar-refractivity contribution in [1.29, 1.82) is 0 Å². The van der Waals surface area contributed by atoms with Crippen LogP contribution in [0.25, 0.3) is 0 Å². The molecule has 0 spiro atoms. The van der Waals surface area contributed by atoms with Crippen LogP contribution in [0.15, 0.2) is 43.4 Å². The summed E-state index contributed by atoms with van der Waals surface area (Å²) in [5.41, 5.74) is 7.97. The van der Waals surface area contributed by atoms with Crippen LogP contribution in [0.4, 0.5) is 23.1 Å². The summed E-state index contributed by atoms with van der Waals surface area (Å²) in [6.45, 7) is 7.84. The van der Waals surface area contributed by atoms with E-state index in [4.69, 9.17) is 10.5 Å². The van der Waals surface area contributed by atoms with Crippen molar-refractivity contribution in [1.82, 2.24) is 34.9 Å². The highest BCUT2D eigenvalue weighted by Crippen LogP contribution is 2.33. The monoisotopic (exact) mass is 590 g/mol. The maximum Gasteiger partial charge on any atom is 0.254 e. The highest BCUT2D eigenvalue weighted by Gasteiger charge is 2.24. The van der Waals surface area contributed by atoms with E-state index < -0.39 is 5.91 Å². The van der Waals surface area contributed by atoms with Gasteiger partial charge in [-0.15, -0.1) is 0 Å². The molecule has 0 saturated carbocycles. The van der Waals surface area contributed by atoms with Gasteiger partial charge in [0.05, 0.1) is 30.7 Å². The van der Waals surface area contributed by atoms with Crippen LogP contribution in [0.2, 0.25) is 0 Å². The van der Waals surface area contributed by atoms with Crippen molar-refractivity contribution in [3.63, 3.8) is 0 Å². The number of carbonyl (C=O) groups is 3. The molecule has 0 radical (unpaired) electrons. The van der Waals surface area contributed by atoms with Crippen molar-refractivity contribution in [3.8, 4) is 5.75 Å². The summed E-state index contributed by atoms with van der Waals surface area (Å²) in [5.74, 6) is -0.288. The number of aryl methyl sites for hydroxylation is 1. The number of primary amides is 1. The van der Waals surface area contributed by atoms with Crippen molar-refractivity contribution in [2.45, 2.75) is 25.8 Å². The average Bonchev–Trinajstić information content (AvgIpc) is 3.45. The zero-order valence-corrected chi connectivity index (χ0v) is 24.9. The third-order valence-electron chi connectivity index (χ3n) is 7.04. The van der Waals surface area contributed by atoms with Gasteiger partial charge >= 0.3 is 0 Å². The molecule has 0 aliphatic carbocycles. The number of amides is 3. The Balaban J connectivity index is 1.54. The van der Waals surface area contributed by atoms with Crippen molar-refractivity contribution in [2.24, 2.45) is 5.73 Å². The van der Waals surface area contributed by atoms with Gasteiger partial charge in [-0.25, -0.2) is 4.98 Å². The summed E-state index contributed by atoms with van der Waals surface area (Å²) < 4.78 is 7.39. The molecule has 3 aromatic rings. The summed E-state index contributed by atoms with van der Waals surface area (Å²) in [4.78, 5) is 49.5. The molecule has 228 valence electrons. The lowest BCUT2D eigenvalue weighted by molar-refractivity contribution is -0.127. The molecule has 0 bridgehead atoms. The van der Waals surface area contributed by atoms with Crippen molar-refractivity contribution >= 4 is 40.9 Å². The van der Waals surface area contributed by atoms with Crippen molar-refractivity contribution in [2.75, 3.05) is 58.0 Å². The van der Waals surface area contributed by atoms with Gasteiger partial charge < -0.3 is 36.2 Å². The van der Waals surface area contributed by atoms with Crippen LogP contribution in [-0.4, -0.2) is 94.7 Å². The van der Waals surface area contributed by atoms with E-state index in [-0.39, 0.29) is 35.2 Å². The number of piperidine rings is 1. The van der Waals surface area contributed by atoms with Gasteiger partial charge in [-0.2, -0.15) is 10.1 Å². The van der Waals surface area contributed by atoms with Gasteiger partial charge in [-0.1, -0.05) is 6.58 Å². The molecule has 1 aliphatic heterocycles. The molecule has 43 heavy (non-hydrogen) atoms. The average molecular weight is 591 g/mol. The fraction of sp³-hybridized carbons (Fsp3) is 0.379. The van der Waals surface area contributed by atoms with Crippen molar-refractivity contribution in [3.05, 3.63) is 60.1 Å². The molecule has 1 aromatic carbocycles. The molecule has 1 fully saturated rings. The van der Waals surface area contributed by atoms with Crippen molar-refractivity contribution < 1.29 is 19.1 Å². The van der Waals surface area contributed by atoms with Crippen LogP contribution < -0.4 is 26.4 Å². The van der Waals surface area contributed by atoms with Gasteiger partial charge in [0.2, 0.25) is 11.9 Å². The molecule has 14 nitrogen and oxygen atoms in total. The number of likely N-dealkylation sites (N-methyl/N-ethyl adjacent to an activating group) is 1. The number of benzene rings is 1. The Morgan fingerprint density at radius 1 is 1.23 bits per heavy atom. The van der Waals surface area contributed by atoms with Gasteiger partial charge in [0.15, 0.2) is 0 Å². The SMILES string of the molecule is C=CC(=O)N1CCC[C@@H](n2cc(Nc3ncc(C(N)=O)c(Nc4c(C)cc(C(=O)NCCN(C)C)cc4OC)n3)cn2)C1. The quantitative estimate of drug-likeness (QED) is 0.229. The van der Waals surface area contributed by atoms with Crippen LogP contribution >= 0.6 is 0 Å². The Bertz CT molecular complexity index is 1500. The van der Waals surface area contributed by atoms with Gasteiger partial charge in [-0.3, -0.25) is 19.1 Å². The number of nitrogens with two attached hydrogens (primary N) is 1. The van der Waals surface area contributed by atoms with E-state index in [0.29, 0.717) is 54.4 Å². The molecule has 3 heterocycles. The standard InChI is InChI=1S/C29H38N10O4/c1-6-24(40)38-10-7-8-21(17-38)39-16-20(14-33-39)34-29-32-15-22(26(30)41)27(36-29)35-25-18(2)12-19(13-23(25)43-5)28(42)31-9-11-37(3)4/h6,12-16,21H,1,7-11,17H2,2-5H3,(H2,30,41)(H,31,42)(H2,32,34,35,36)/t21-/m1/s1. The van der Waals surface area contributed by atoms with Gasteiger partial charge in [0.1, 0.15) is 17.1 Å². The van der Waals surface area contributed by atoms with E-state index in [1.165, 1.54) is 19.4 Å². The lowest BCUT2D eigenvalue weighted by Gasteiger charge is -2.32. The number of likely N-dealkylation sites (tertiary alicyclic amines) is 1. The summed E-state index contributed by atoms with van der Waals surface area (Å²) in [7, 11) is 5.36. The van der Waals surface area contributed by atoms with E-state index >= 15 is 0 Å². The van der Waals surface area contributed by atoms with Crippen LogP contribution in [0.1, 0.15) is 45.2 Å². The molecule has 4 rings (SSSR count). The highest BCUT2D eigenvalue weighted by atomic mass is 16.5. The summed E-state index contributed by atoms with van der Waals surface area (Å²) in [5, 5.41) is 13.6. The van der Waals surface area contributed by atoms with Crippen LogP contribution in [-0.2, 0) is 4.79 Å². The minimum atomic E-state index is -0.716. The smallest absolute Gasteiger partial charge is 0.254 e. The number of ether oxygens (including phenoxy) is 1. The highest BCUT2D eigenvalue weighted by molar-refractivity contribution is 5.99. The molecule has 1 aliphatic rings. The number of anilines is 4. The Labute approximate surface area is 250 Å². The second kappa shape index (κ2) is 13.8. The molecule has 1 atom stereocenters. The van der Waals surface area contributed by atoms with Crippen LogP contribution in [0.3, 0.4) is 0 Å². The van der Waals surface area contributed by atoms with E-state index in [9.17, 15) is 14.4 Å². The first kappa shape index (κ1) is 31.0. The zero-order chi connectivity index (χ0) is 31.1. The van der Waals surface area contributed by atoms with E-state index in [1.807, 2.05) is 36.8 Å². The molecule has 14 heteroatoms. The number of hydrogen-bond acceptors (Lipinski definition) is 10.